The zero-order chi connectivity index (χ0) is 12.0. The van der Waals surface area contributed by atoms with E-state index in [2.05, 4.69) is 5.16 Å². The summed E-state index contributed by atoms with van der Waals surface area (Å²) in [5.74, 6) is -0.251. The van der Waals surface area contributed by atoms with E-state index in [9.17, 15) is 4.39 Å². The van der Waals surface area contributed by atoms with E-state index in [-0.39, 0.29) is 5.82 Å². The van der Waals surface area contributed by atoms with Crippen LogP contribution in [0, 0.1) is 5.82 Å². The van der Waals surface area contributed by atoms with Crippen molar-refractivity contribution in [1.82, 2.24) is 0 Å². The zero-order valence-electron chi connectivity index (χ0n) is 9.57. The summed E-state index contributed by atoms with van der Waals surface area (Å²) < 4.78 is 12.7. The van der Waals surface area contributed by atoms with Gasteiger partial charge in [-0.15, -0.1) is 0 Å². The molecule has 0 amide bonds. The van der Waals surface area contributed by atoms with Crippen LogP contribution in [0.15, 0.2) is 35.0 Å². The van der Waals surface area contributed by atoms with Crippen LogP contribution < -0.4 is 0 Å². The van der Waals surface area contributed by atoms with E-state index < -0.39 is 0 Å². The quantitative estimate of drug-likeness (QED) is 0.467. The molecule has 2 nitrogen and oxygen atoms in total. The maximum absolute atomic E-state index is 12.7. The van der Waals surface area contributed by atoms with Crippen molar-refractivity contribution in [3.63, 3.8) is 0 Å². The Morgan fingerprint density at radius 2 is 2.00 bits per heavy atom. The van der Waals surface area contributed by atoms with Gasteiger partial charge in [-0.2, -0.15) is 0 Å². The molecule has 1 aromatic rings. The fourth-order valence-corrected chi connectivity index (χ4v) is 1.46. The first-order valence-corrected chi connectivity index (χ1v) is 5.32. The highest BCUT2D eigenvalue weighted by Gasteiger charge is 2.01. The van der Waals surface area contributed by atoms with Gasteiger partial charge in [0.1, 0.15) is 5.82 Å². The molecular weight excluding hydrogens is 205 g/mol. The Morgan fingerprint density at radius 3 is 2.50 bits per heavy atom. The molecule has 0 bridgehead atoms. The smallest absolute Gasteiger partial charge is 0.123 e. The van der Waals surface area contributed by atoms with E-state index in [1.807, 2.05) is 19.9 Å². The minimum Gasteiger partial charge on any atom is -0.411 e. The first kappa shape index (κ1) is 12.4. The van der Waals surface area contributed by atoms with Gasteiger partial charge in [0, 0.05) is 0 Å². The van der Waals surface area contributed by atoms with E-state index >= 15 is 0 Å². The number of halogens is 1. The molecule has 0 unspecified atom stereocenters. The van der Waals surface area contributed by atoms with E-state index in [1.54, 1.807) is 12.1 Å². The summed E-state index contributed by atoms with van der Waals surface area (Å²) in [4.78, 5) is 0. The van der Waals surface area contributed by atoms with Gasteiger partial charge in [-0.1, -0.05) is 36.7 Å². The lowest BCUT2D eigenvalue weighted by molar-refractivity contribution is 0.318. The molecule has 0 saturated carbocycles. The van der Waals surface area contributed by atoms with Crippen LogP contribution in [-0.2, 0) is 0 Å². The van der Waals surface area contributed by atoms with E-state index in [0.29, 0.717) is 5.71 Å². The molecule has 1 aromatic carbocycles. The molecule has 16 heavy (non-hydrogen) atoms. The van der Waals surface area contributed by atoms with Crippen molar-refractivity contribution in [2.45, 2.75) is 26.7 Å². The molecular formula is C13H16FNO. The molecule has 0 heterocycles. The van der Waals surface area contributed by atoms with Crippen LogP contribution in [0.25, 0.3) is 6.08 Å². The molecule has 0 radical (unpaired) electrons. The van der Waals surface area contributed by atoms with Gasteiger partial charge in [-0.25, -0.2) is 4.39 Å². The zero-order valence-corrected chi connectivity index (χ0v) is 9.57. The lowest BCUT2D eigenvalue weighted by atomic mass is 10.0. The maximum Gasteiger partial charge on any atom is 0.123 e. The van der Waals surface area contributed by atoms with E-state index in [4.69, 9.17) is 5.21 Å². The van der Waals surface area contributed by atoms with Crippen LogP contribution in [0.3, 0.4) is 0 Å². The van der Waals surface area contributed by atoms with Crippen molar-refractivity contribution in [2.75, 3.05) is 0 Å². The minimum atomic E-state index is -0.251. The van der Waals surface area contributed by atoms with Crippen molar-refractivity contribution < 1.29 is 9.60 Å². The average molecular weight is 221 g/mol. The normalized spacial score (nSPS) is 12.9. The van der Waals surface area contributed by atoms with Crippen LogP contribution >= 0.6 is 0 Å². The number of rotatable bonds is 4. The number of allylic oxidation sites excluding steroid dienone is 1. The predicted octanol–water partition coefficient (Wildman–Crippen LogP) is 3.86. The first-order chi connectivity index (χ1) is 7.67. The second kappa shape index (κ2) is 6.05. The summed E-state index contributed by atoms with van der Waals surface area (Å²) in [7, 11) is 0. The van der Waals surface area contributed by atoms with Crippen LogP contribution in [0.2, 0.25) is 0 Å². The Kier molecular flexibility index (Phi) is 4.70. The molecule has 0 aromatic heterocycles. The summed E-state index contributed by atoms with van der Waals surface area (Å²) in [6.07, 6.45) is 3.54. The summed E-state index contributed by atoms with van der Waals surface area (Å²) in [5.41, 5.74) is 2.47. The van der Waals surface area contributed by atoms with Gasteiger partial charge in [0.2, 0.25) is 0 Å². The van der Waals surface area contributed by atoms with Crippen molar-refractivity contribution in [3.05, 3.63) is 41.2 Å². The summed E-state index contributed by atoms with van der Waals surface area (Å²) >= 11 is 0. The molecule has 0 atom stereocenters. The molecule has 1 N–H and O–H groups in total. The van der Waals surface area contributed by atoms with Gasteiger partial charge in [-0.3, -0.25) is 0 Å². The third kappa shape index (κ3) is 3.50. The summed E-state index contributed by atoms with van der Waals surface area (Å²) in [5, 5.41) is 12.1. The van der Waals surface area contributed by atoms with Gasteiger partial charge in [0.15, 0.2) is 0 Å². The third-order valence-corrected chi connectivity index (χ3v) is 2.32. The van der Waals surface area contributed by atoms with Crippen LogP contribution in [0.5, 0.6) is 0 Å². The number of benzene rings is 1. The van der Waals surface area contributed by atoms with Gasteiger partial charge in [-0.05, 0) is 36.6 Å². The van der Waals surface area contributed by atoms with Crippen molar-refractivity contribution in [2.24, 2.45) is 5.16 Å². The highest BCUT2D eigenvalue weighted by Crippen LogP contribution is 2.11. The number of oxime groups is 1. The summed E-state index contributed by atoms with van der Waals surface area (Å²) in [6.45, 7) is 3.91. The highest BCUT2D eigenvalue weighted by molar-refractivity contribution is 6.02. The molecule has 1 rings (SSSR count). The van der Waals surface area contributed by atoms with Crippen LogP contribution in [-0.4, -0.2) is 10.9 Å². The number of nitrogens with zero attached hydrogens (tertiary/aromatic N) is 1. The molecule has 0 fully saturated rings. The fourth-order valence-electron chi connectivity index (χ4n) is 1.46. The predicted molar refractivity (Wildman–Crippen MR) is 64.2 cm³/mol. The Balaban J connectivity index is 2.87. The molecule has 86 valence electrons. The van der Waals surface area contributed by atoms with Crippen molar-refractivity contribution >= 4 is 11.8 Å². The lowest BCUT2D eigenvalue weighted by Crippen LogP contribution is -1.99. The van der Waals surface area contributed by atoms with Crippen LogP contribution in [0.1, 0.15) is 32.3 Å². The number of hydrogen-bond acceptors (Lipinski definition) is 2. The summed E-state index contributed by atoms with van der Waals surface area (Å²) in [6, 6.07) is 6.21. The van der Waals surface area contributed by atoms with Gasteiger partial charge >= 0.3 is 0 Å². The second-order valence-electron chi connectivity index (χ2n) is 3.68. The monoisotopic (exact) mass is 221 g/mol. The molecule has 3 heteroatoms. The van der Waals surface area contributed by atoms with Gasteiger partial charge in [0.25, 0.3) is 0 Å². The van der Waals surface area contributed by atoms with E-state index in [0.717, 1.165) is 24.0 Å². The van der Waals surface area contributed by atoms with E-state index in [1.165, 1.54) is 12.1 Å². The lowest BCUT2D eigenvalue weighted by Gasteiger charge is -2.03. The Hall–Kier alpha value is -1.64. The molecule has 0 aliphatic rings. The standard InChI is InChI=1S/C13H16FNO/c1-3-4-13(15-16)10(2)9-11-5-7-12(14)8-6-11/h5-9,16H,3-4H2,1-2H3/b10-9+,15-13?. The minimum absolute atomic E-state index is 0.251. The topological polar surface area (TPSA) is 32.6 Å². The Bertz CT molecular complexity index is 393. The molecule has 0 aliphatic carbocycles. The maximum atomic E-state index is 12.7. The second-order valence-corrected chi connectivity index (χ2v) is 3.68. The third-order valence-electron chi connectivity index (χ3n) is 2.32. The Labute approximate surface area is 95.1 Å². The molecule has 0 aliphatic heterocycles. The first-order valence-electron chi connectivity index (χ1n) is 5.32. The fraction of sp³-hybridized carbons (Fsp3) is 0.308. The number of hydrogen-bond donors (Lipinski definition) is 1. The van der Waals surface area contributed by atoms with Crippen LogP contribution in [0.4, 0.5) is 4.39 Å². The molecule has 0 spiro atoms. The molecule has 0 saturated heterocycles. The Morgan fingerprint density at radius 1 is 1.38 bits per heavy atom. The largest absolute Gasteiger partial charge is 0.411 e. The highest BCUT2D eigenvalue weighted by atomic mass is 19.1. The van der Waals surface area contributed by atoms with Crippen molar-refractivity contribution in [1.29, 1.82) is 0 Å². The van der Waals surface area contributed by atoms with Gasteiger partial charge in [0.05, 0.1) is 5.71 Å². The SMILES string of the molecule is CCCC(=NO)/C(C)=C/c1ccc(F)cc1. The average Bonchev–Trinajstić information content (AvgIpc) is 2.29. The van der Waals surface area contributed by atoms with Crippen molar-refractivity contribution in [3.8, 4) is 0 Å². The van der Waals surface area contributed by atoms with Gasteiger partial charge < -0.3 is 5.21 Å².